The van der Waals surface area contributed by atoms with Gasteiger partial charge in [-0.1, -0.05) is 19.1 Å². The number of hydrogen-bond acceptors (Lipinski definition) is 0. The first-order valence-electron chi connectivity index (χ1n) is 4.01. The molecule has 0 nitrogen and oxygen atoms in total. The lowest BCUT2D eigenvalue weighted by molar-refractivity contribution is 0.492. The zero-order valence-electron chi connectivity index (χ0n) is 6.06. The van der Waals surface area contributed by atoms with Gasteiger partial charge < -0.3 is 0 Å². The van der Waals surface area contributed by atoms with Gasteiger partial charge >= 0.3 is 0 Å². The molecule has 2 unspecified atom stereocenters. The molecule has 0 saturated heterocycles. The summed E-state index contributed by atoms with van der Waals surface area (Å²) in [5, 5.41) is 0. The summed E-state index contributed by atoms with van der Waals surface area (Å²) in [6, 6.07) is 0. The Morgan fingerprint density at radius 2 is 2.33 bits per heavy atom. The van der Waals surface area contributed by atoms with Crippen molar-refractivity contribution < 1.29 is 0 Å². The molecule has 0 aliphatic heterocycles. The zero-order valence-corrected chi connectivity index (χ0v) is 6.06. The Labute approximate surface area is 57.0 Å². The van der Waals surface area contributed by atoms with Crippen LogP contribution in [-0.4, -0.2) is 0 Å². The van der Waals surface area contributed by atoms with Crippen LogP contribution < -0.4 is 0 Å². The van der Waals surface area contributed by atoms with Crippen LogP contribution in [0.4, 0.5) is 0 Å². The van der Waals surface area contributed by atoms with E-state index < -0.39 is 0 Å². The van der Waals surface area contributed by atoms with Crippen molar-refractivity contribution in [1.82, 2.24) is 0 Å². The first-order chi connectivity index (χ1) is 4.33. The van der Waals surface area contributed by atoms with Crippen LogP contribution >= 0.6 is 0 Å². The van der Waals surface area contributed by atoms with E-state index in [1.54, 1.807) is 0 Å². The highest BCUT2D eigenvalue weighted by Gasteiger charge is 2.48. The van der Waals surface area contributed by atoms with Crippen molar-refractivity contribution in [2.45, 2.75) is 32.6 Å². The molecule has 2 aliphatic carbocycles. The molecule has 50 valence electrons. The molecule has 0 bridgehead atoms. The second-order valence-electron chi connectivity index (χ2n) is 3.63. The molecule has 0 radical (unpaired) electrons. The van der Waals surface area contributed by atoms with Gasteiger partial charge in [0.05, 0.1) is 0 Å². The Morgan fingerprint density at radius 1 is 1.56 bits per heavy atom. The highest BCUT2D eigenvalue weighted by molar-refractivity contribution is 5.15. The van der Waals surface area contributed by atoms with Gasteiger partial charge in [-0.2, -0.15) is 0 Å². The Balaban J connectivity index is 2.13. The van der Waals surface area contributed by atoms with E-state index in [0.29, 0.717) is 5.41 Å². The van der Waals surface area contributed by atoms with E-state index in [0.717, 1.165) is 5.92 Å². The minimum Gasteiger partial charge on any atom is -0.0880 e. The summed E-state index contributed by atoms with van der Waals surface area (Å²) < 4.78 is 0. The lowest BCUT2D eigenvalue weighted by atomic mass is 9.91. The maximum absolute atomic E-state index is 2.46. The fraction of sp³-hybridized carbons (Fsp3) is 0.778. The van der Waals surface area contributed by atoms with Gasteiger partial charge in [0.1, 0.15) is 0 Å². The summed E-state index contributed by atoms with van der Waals surface area (Å²) in [7, 11) is 0. The van der Waals surface area contributed by atoms with Crippen molar-refractivity contribution in [2.75, 3.05) is 0 Å². The molecule has 9 heavy (non-hydrogen) atoms. The third kappa shape index (κ3) is 0.726. The molecule has 0 amide bonds. The van der Waals surface area contributed by atoms with E-state index in [-0.39, 0.29) is 0 Å². The van der Waals surface area contributed by atoms with E-state index in [4.69, 9.17) is 0 Å². The molecule has 0 heteroatoms. The van der Waals surface area contributed by atoms with E-state index in [9.17, 15) is 0 Å². The van der Waals surface area contributed by atoms with Gasteiger partial charge in [-0.15, -0.1) is 0 Å². The van der Waals surface area contributed by atoms with Crippen molar-refractivity contribution in [3.05, 3.63) is 12.2 Å². The Bertz CT molecular complexity index is 146. The number of allylic oxidation sites excluding steroid dienone is 2. The minimum atomic E-state index is 0.707. The summed E-state index contributed by atoms with van der Waals surface area (Å²) in [4.78, 5) is 0. The van der Waals surface area contributed by atoms with Crippen LogP contribution in [0.15, 0.2) is 12.2 Å². The van der Waals surface area contributed by atoms with Crippen molar-refractivity contribution in [2.24, 2.45) is 11.3 Å². The largest absolute Gasteiger partial charge is 0.0880 e. The average molecular weight is 122 g/mol. The Kier molecular flexibility index (Phi) is 0.992. The van der Waals surface area contributed by atoms with E-state index >= 15 is 0 Å². The smallest absolute Gasteiger partial charge is 0.00893 e. The standard InChI is InChI=1S/C9H14/c1-8-7-9(8)5-3-2-4-6-9/h3,5,8H,2,4,6-7H2,1H3. The molecule has 2 atom stereocenters. The van der Waals surface area contributed by atoms with Gasteiger partial charge in [0.25, 0.3) is 0 Å². The van der Waals surface area contributed by atoms with Gasteiger partial charge in [-0.25, -0.2) is 0 Å². The first kappa shape index (κ1) is 5.52. The lowest BCUT2D eigenvalue weighted by Gasteiger charge is -2.14. The van der Waals surface area contributed by atoms with Crippen LogP contribution in [0.3, 0.4) is 0 Å². The van der Waals surface area contributed by atoms with Gasteiger partial charge in [-0.05, 0) is 37.0 Å². The molecule has 0 aromatic rings. The first-order valence-corrected chi connectivity index (χ1v) is 4.01. The summed E-state index contributed by atoms with van der Waals surface area (Å²) in [6.45, 7) is 2.37. The molecule has 0 aromatic heterocycles. The molecule has 1 spiro atoms. The molecular weight excluding hydrogens is 108 g/mol. The van der Waals surface area contributed by atoms with Gasteiger partial charge in [0.15, 0.2) is 0 Å². The maximum atomic E-state index is 2.46. The van der Waals surface area contributed by atoms with Crippen LogP contribution in [0, 0.1) is 11.3 Å². The fourth-order valence-corrected chi connectivity index (χ4v) is 2.04. The third-order valence-electron chi connectivity index (χ3n) is 2.97. The SMILES string of the molecule is CC1CC12C=CCCC2. The predicted octanol–water partition coefficient (Wildman–Crippen LogP) is 2.75. The monoisotopic (exact) mass is 122 g/mol. The fourth-order valence-electron chi connectivity index (χ4n) is 2.04. The van der Waals surface area contributed by atoms with Gasteiger partial charge in [0, 0.05) is 0 Å². The molecule has 1 fully saturated rings. The van der Waals surface area contributed by atoms with Crippen molar-refractivity contribution in [3.8, 4) is 0 Å². The summed E-state index contributed by atoms with van der Waals surface area (Å²) in [5.41, 5.74) is 0.707. The van der Waals surface area contributed by atoms with Crippen LogP contribution in [0.25, 0.3) is 0 Å². The summed E-state index contributed by atoms with van der Waals surface area (Å²) >= 11 is 0. The minimum absolute atomic E-state index is 0.707. The van der Waals surface area contributed by atoms with Crippen LogP contribution in [0.1, 0.15) is 32.6 Å². The molecule has 2 rings (SSSR count). The van der Waals surface area contributed by atoms with Crippen LogP contribution in [0.5, 0.6) is 0 Å². The highest BCUT2D eigenvalue weighted by Crippen LogP contribution is 2.58. The second kappa shape index (κ2) is 1.62. The molecular formula is C9H14. The van der Waals surface area contributed by atoms with E-state index in [1.165, 1.54) is 25.7 Å². The van der Waals surface area contributed by atoms with Gasteiger partial charge in [-0.3, -0.25) is 0 Å². The highest BCUT2D eigenvalue weighted by atomic mass is 14.5. The maximum Gasteiger partial charge on any atom is -0.00893 e. The topological polar surface area (TPSA) is 0 Å². The quantitative estimate of drug-likeness (QED) is 0.433. The molecule has 0 aromatic carbocycles. The van der Waals surface area contributed by atoms with Crippen LogP contribution in [0.2, 0.25) is 0 Å². The summed E-state index contributed by atoms with van der Waals surface area (Å²) in [6.07, 6.45) is 10.5. The number of hydrogen-bond donors (Lipinski definition) is 0. The molecule has 0 heterocycles. The normalized spacial score (nSPS) is 47.9. The zero-order chi connectivity index (χ0) is 6.32. The van der Waals surface area contributed by atoms with Crippen molar-refractivity contribution in [3.63, 3.8) is 0 Å². The molecule has 2 aliphatic rings. The third-order valence-corrected chi connectivity index (χ3v) is 2.97. The second-order valence-corrected chi connectivity index (χ2v) is 3.63. The predicted molar refractivity (Wildman–Crippen MR) is 39.2 cm³/mol. The van der Waals surface area contributed by atoms with Crippen molar-refractivity contribution in [1.29, 1.82) is 0 Å². The molecule has 0 N–H and O–H groups in total. The van der Waals surface area contributed by atoms with E-state index in [2.05, 4.69) is 19.1 Å². The Morgan fingerprint density at radius 3 is 2.67 bits per heavy atom. The van der Waals surface area contributed by atoms with Gasteiger partial charge in [0.2, 0.25) is 0 Å². The lowest BCUT2D eigenvalue weighted by Crippen LogP contribution is -2.01. The molecule has 1 saturated carbocycles. The van der Waals surface area contributed by atoms with Crippen molar-refractivity contribution >= 4 is 0 Å². The van der Waals surface area contributed by atoms with E-state index in [1.807, 2.05) is 0 Å². The Hall–Kier alpha value is -0.260. The summed E-state index contributed by atoms with van der Waals surface area (Å²) in [5.74, 6) is 0.994. The number of rotatable bonds is 0. The average Bonchev–Trinajstić information content (AvgIpc) is 2.44. The van der Waals surface area contributed by atoms with Crippen LogP contribution in [-0.2, 0) is 0 Å².